The number of para-hydroxylation sites is 1. The molecule has 0 saturated heterocycles. The number of hydrogen-bond acceptors (Lipinski definition) is 13. The molecule has 0 fully saturated rings. The van der Waals surface area contributed by atoms with Crippen LogP contribution in [0.1, 0.15) is 94.5 Å². The minimum atomic E-state index is -1.98. The van der Waals surface area contributed by atoms with E-state index in [0.29, 0.717) is 29.1 Å². The first-order valence-corrected chi connectivity index (χ1v) is 23.3. The van der Waals surface area contributed by atoms with Crippen LogP contribution < -0.4 is 32.6 Å². The van der Waals surface area contributed by atoms with Gasteiger partial charge in [0.15, 0.2) is 5.96 Å². The Labute approximate surface area is 400 Å². The van der Waals surface area contributed by atoms with E-state index in [1.807, 2.05) is 38.4 Å². The highest BCUT2D eigenvalue weighted by Gasteiger charge is 2.51. The maximum Gasteiger partial charge on any atom is 0.510 e. The summed E-state index contributed by atoms with van der Waals surface area (Å²) in [4.78, 5) is 101. The topological polar surface area (TPSA) is 266 Å². The van der Waals surface area contributed by atoms with Crippen molar-refractivity contribution in [2.24, 2.45) is 17.6 Å². The molecule has 6 rings (SSSR count). The van der Waals surface area contributed by atoms with Gasteiger partial charge in [-0.1, -0.05) is 65.0 Å². The zero-order valence-electron chi connectivity index (χ0n) is 40.3. The fourth-order valence-electron chi connectivity index (χ4n) is 8.48. The van der Waals surface area contributed by atoms with Crippen molar-refractivity contribution in [3.05, 3.63) is 92.8 Å². The molecule has 0 radical (unpaired) electrons. The van der Waals surface area contributed by atoms with Gasteiger partial charge in [-0.25, -0.2) is 14.6 Å². The second kappa shape index (κ2) is 22.3. The SMILES string of the molecule is CC[C@@]1(OC(=O)OCc2ccc(NC(=O)[C@H](CCCNC(=N)N)NC(=O)[C@@H](NC(=O)CCC(=O)C(C)C)C(C)C)cc2)C(=O)OCc2c1cc1n(c2=O)Cc2c-1nc1ccccc1c2CCN(C)C. The van der Waals surface area contributed by atoms with Crippen LogP contribution in [0.25, 0.3) is 22.3 Å². The van der Waals surface area contributed by atoms with Gasteiger partial charge in [-0.15, -0.1) is 0 Å². The summed E-state index contributed by atoms with van der Waals surface area (Å²) in [5.74, 6) is -3.32. The lowest BCUT2D eigenvalue weighted by atomic mass is 9.85. The van der Waals surface area contributed by atoms with Crippen LogP contribution >= 0.6 is 0 Å². The van der Waals surface area contributed by atoms with Crippen molar-refractivity contribution < 1.29 is 43.0 Å². The summed E-state index contributed by atoms with van der Waals surface area (Å²) in [6.07, 6.45) is -0.0329. The third-order valence-corrected chi connectivity index (χ3v) is 12.5. The summed E-state index contributed by atoms with van der Waals surface area (Å²) in [6.45, 7) is 9.40. The molecule has 0 spiro atoms. The number of carbonyl (C=O) groups excluding carboxylic acids is 6. The van der Waals surface area contributed by atoms with Crippen LogP contribution in [-0.4, -0.2) is 95.3 Å². The Morgan fingerprint density at radius 1 is 0.971 bits per heavy atom. The molecular weight excluding hydrogens is 887 g/mol. The van der Waals surface area contributed by atoms with E-state index in [1.54, 1.807) is 69.5 Å². The molecule has 0 saturated carbocycles. The van der Waals surface area contributed by atoms with Gasteiger partial charge >= 0.3 is 12.1 Å². The molecule has 2 aliphatic heterocycles. The van der Waals surface area contributed by atoms with Gasteiger partial charge in [-0.2, -0.15) is 0 Å². The molecule has 4 aromatic rings. The van der Waals surface area contributed by atoms with Crippen molar-refractivity contribution in [1.29, 1.82) is 5.41 Å². The summed E-state index contributed by atoms with van der Waals surface area (Å²) >= 11 is 0. The number of cyclic esters (lactones) is 1. The fourth-order valence-corrected chi connectivity index (χ4v) is 8.48. The first-order valence-electron chi connectivity index (χ1n) is 23.3. The third-order valence-electron chi connectivity index (χ3n) is 12.5. The number of guanidine groups is 1. The first-order chi connectivity index (χ1) is 32.8. The van der Waals surface area contributed by atoms with Crippen LogP contribution in [0, 0.1) is 17.2 Å². The Balaban J connectivity index is 1.13. The standard InChI is InChI=1S/C50H63N9O10/c1-8-50(36-24-39-43-34(25-59(39)46(64)35(36)27-67-47(50)65)32(21-23-58(6)7)33-12-9-10-13-37(33)55-43)69-49(66)68-26-30-15-17-31(18-16-30)54-44(62)38(14-11-22-53-48(51)52)56-45(63)42(29(4)5)57-41(61)20-19-40(60)28(2)3/h9-10,12-13,15-18,24,28-29,38,42H,8,11,14,19-23,25-27H2,1-7H3,(H,54,62)(H,56,63)(H,57,61)(H4,51,52,53)/t38-,42-,50-/m0/s1. The Kier molecular flexibility index (Phi) is 16.6. The highest BCUT2D eigenvalue weighted by Crippen LogP contribution is 2.42. The van der Waals surface area contributed by atoms with E-state index >= 15 is 0 Å². The van der Waals surface area contributed by atoms with Crippen molar-refractivity contribution >= 4 is 58.2 Å². The van der Waals surface area contributed by atoms with E-state index in [4.69, 9.17) is 30.3 Å². The number of nitrogens with one attached hydrogen (secondary N) is 5. The average Bonchev–Trinajstić information content (AvgIpc) is 3.68. The maximum atomic E-state index is 14.2. The minimum absolute atomic E-state index is 0.0421. The number of carbonyl (C=O) groups is 6. The number of anilines is 1. The molecule has 3 atom stereocenters. The molecule has 3 amide bonds. The number of likely N-dealkylation sites (N-methyl/N-ethyl adjacent to an activating group) is 1. The third kappa shape index (κ3) is 11.9. The Morgan fingerprint density at radius 3 is 2.36 bits per heavy atom. The zero-order chi connectivity index (χ0) is 50.2. The number of benzene rings is 2. The minimum Gasteiger partial charge on any atom is -0.457 e. The number of aromatic nitrogens is 2. The number of ketones is 1. The summed E-state index contributed by atoms with van der Waals surface area (Å²) in [5, 5.41) is 19.4. The molecule has 7 N–H and O–H groups in total. The van der Waals surface area contributed by atoms with Crippen LogP contribution in [0.5, 0.6) is 0 Å². The Hall–Kier alpha value is -7.15. The van der Waals surface area contributed by atoms with Gasteiger partial charge in [0.05, 0.1) is 29.0 Å². The van der Waals surface area contributed by atoms with E-state index in [9.17, 15) is 33.6 Å². The molecule has 0 aliphatic carbocycles. The first kappa shape index (κ1) is 51.2. The van der Waals surface area contributed by atoms with Crippen molar-refractivity contribution in [3.63, 3.8) is 0 Å². The summed E-state index contributed by atoms with van der Waals surface area (Å²) < 4.78 is 18.5. The number of pyridine rings is 2. The van der Waals surface area contributed by atoms with Gasteiger partial charge in [0, 0.05) is 54.0 Å². The lowest BCUT2D eigenvalue weighted by Crippen LogP contribution is -2.54. The molecule has 4 heterocycles. The monoisotopic (exact) mass is 949 g/mol. The maximum absolute atomic E-state index is 14.2. The van der Waals surface area contributed by atoms with Crippen LogP contribution in [-0.2, 0) is 70.0 Å². The largest absolute Gasteiger partial charge is 0.510 e. The van der Waals surface area contributed by atoms with E-state index in [2.05, 4.69) is 26.2 Å². The summed E-state index contributed by atoms with van der Waals surface area (Å²) in [5.41, 5.74) is 8.27. The average molecular weight is 950 g/mol. The summed E-state index contributed by atoms with van der Waals surface area (Å²) in [7, 11) is 4.00. The molecule has 2 aromatic heterocycles. The van der Waals surface area contributed by atoms with Gasteiger partial charge in [0.1, 0.15) is 31.1 Å². The second-order valence-corrected chi connectivity index (χ2v) is 18.3. The van der Waals surface area contributed by atoms with Gasteiger partial charge in [-0.05, 0) is 81.1 Å². The highest BCUT2D eigenvalue weighted by molar-refractivity contribution is 5.99. The van der Waals surface area contributed by atoms with E-state index < -0.39 is 47.5 Å². The Bertz CT molecular complexity index is 2680. The number of nitrogens with zero attached hydrogens (tertiary/aromatic N) is 3. The molecule has 0 unspecified atom stereocenters. The normalized spacial score (nSPS) is 15.7. The van der Waals surface area contributed by atoms with Crippen molar-refractivity contribution in [2.45, 2.75) is 111 Å². The van der Waals surface area contributed by atoms with Crippen LogP contribution in [0.2, 0.25) is 0 Å². The van der Waals surface area contributed by atoms with E-state index in [0.717, 1.165) is 35.0 Å². The number of hydrogen-bond donors (Lipinski definition) is 6. The zero-order valence-corrected chi connectivity index (χ0v) is 40.3. The van der Waals surface area contributed by atoms with Crippen LogP contribution in [0.3, 0.4) is 0 Å². The molecule has 19 heteroatoms. The lowest BCUT2D eigenvalue weighted by molar-refractivity contribution is -0.175. The number of Topliss-reactive ketones (excluding diaryl/α,β-unsaturated/α-hetero) is 1. The number of rotatable bonds is 21. The number of nitrogens with two attached hydrogens (primary N) is 1. The molecule has 368 valence electrons. The van der Waals surface area contributed by atoms with Crippen molar-refractivity contribution in [3.8, 4) is 11.4 Å². The highest BCUT2D eigenvalue weighted by atomic mass is 16.7. The molecule has 0 bridgehead atoms. The molecule has 69 heavy (non-hydrogen) atoms. The van der Waals surface area contributed by atoms with Gasteiger partial charge in [0.25, 0.3) is 5.56 Å². The van der Waals surface area contributed by atoms with Crippen molar-refractivity contribution in [1.82, 2.24) is 30.4 Å². The fraction of sp³-hybridized carbons (Fsp3) is 0.460. The number of amides is 3. The van der Waals surface area contributed by atoms with Crippen LogP contribution in [0.15, 0.2) is 59.4 Å². The van der Waals surface area contributed by atoms with Gasteiger partial charge < -0.3 is 50.7 Å². The predicted octanol–water partition coefficient (Wildman–Crippen LogP) is 4.38. The predicted molar refractivity (Wildman–Crippen MR) is 258 cm³/mol. The van der Waals surface area contributed by atoms with E-state index in [-0.39, 0.29) is 92.3 Å². The van der Waals surface area contributed by atoms with Gasteiger partial charge in [0.2, 0.25) is 23.3 Å². The number of esters is 1. The van der Waals surface area contributed by atoms with Crippen LogP contribution in [0.4, 0.5) is 10.5 Å². The Morgan fingerprint density at radius 2 is 1.70 bits per heavy atom. The molecule has 19 nitrogen and oxygen atoms in total. The molecule has 2 aromatic carbocycles. The second-order valence-electron chi connectivity index (χ2n) is 18.3. The molecule has 2 aliphatic rings. The van der Waals surface area contributed by atoms with Crippen molar-refractivity contribution in [2.75, 3.05) is 32.5 Å². The smallest absolute Gasteiger partial charge is 0.457 e. The quantitative estimate of drug-likeness (QED) is 0.0258. The lowest BCUT2D eigenvalue weighted by Gasteiger charge is -2.35. The number of fused-ring (bicyclic) bond motifs is 5. The molecular formula is C50H63N9O10. The van der Waals surface area contributed by atoms with Gasteiger partial charge in [-0.3, -0.25) is 29.4 Å². The van der Waals surface area contributed by atoms with E-state index in [1.165, 1.54) is 0 Å². The summed E-state index contributed by atoms with van der Waals surface area (Å²) in [6, 6.07) is 13.9. The number of ether oxygens (including phenoxy) is 3.